The van der Waals surface area contributed by atoms with Crippen molar-refractivity contribution in [1.29, 1.82) is 0 Å². The van der Waals surface area contributed by atoms with Gasteiger partial charge in [0, 0.05) is 35.0 Å². The van der Waals surface area contributed by atoms with Crippen molar-refractivity contribution in [2.45, 2.75) is 39.0 Å². The van der Waals surface area contributed by atoms with Gasteiger partial charge in [0.15, 0.2) is 0 Å². The summed E-state index contributed by atoms with van der Waals surface area (Å²) in [6.45, 7) is 6.93. The molecule has 2 aromatic carbocycles. The standard InChI is InChI=1S/C25H27FN4O3/c1-25(2,3)21-14-23(33-29-21)28-22(31)15-30-13-5-6-18-19(7-4-8-20(18)30)27-24(32)16-9-11-17(26)12-10-16/h4,7-12,14H,5-6,13,15H2,1-3H3,(H,27,32)(H,28,31). The number of fused-ring (bicyclic) bond motifs is 1. The van der Waals surface area contributed by atoms with Crippen molar-refractivity contribution in [3.05, 3.63) is 71.2 Å². The zero-order chi connectivity index (χ0) is 23.6. The van der Waals surface area contributed by atoms with E-state index in [1.54, 1.807) is 6.07 Å². The Balaban J connectivity index is 1.46. The average molecular weight is 451 g/mol. The first-order chi connectivity index (χ1) is 15.7. The highest BCUT2D eigenvalue weighted by molar-refractivity contribution is 6.05. The van der Waals surface area contributed by atoms with Crippen LogP contribution in [0.5, 0.6) is 0 Å². The smallest absolute Gasteiger partial charge is 0.255 e. The second-order valence-corrected chi connectivity index (χ2v) is 9.16. The van der Waals surface area contributed by atoms with Crippen LogP contribution in [0.15, 0.2) is 53.1 Å². The molecule has 2 heterocycles. The van der Waals surface area contributed by atoms with Crippen molar-refractivity contribution in [3.8, 4) is 0 Å². The number of benzene rings is 2. The van der Waals surface area contributed by atoms with E-state index in [0.717, 1.165) is 36.3 Å². The molecule has 0 atom stereocenters. The summed E-state index contributed by atoms with van der Waals surface area (Å²) in [6, 6.07) is 12.8. The fourth-order valence-electron chi connectivity index (χ4n) is 3.82. The molecule has 7 nitrogen and oxygen atoms in total. The van der Waals surface area contributed by atoms with E-state index in [1.807, 2.05) is 43.9 Å². The summed E-state index contributed by atoms with van der Waals surface area (Å²) in [5, 5.41) is 9.73. The topological polar surface area (TPSA) is 87.5 Å². The van der Waals surface area contributed by atoms with Crippen molar-refractivity contribution in [2.75, 3.05) is 28.6 Å². The molecule has 0 radical (unpaired) electrons. The maximum absolute atomic E-state index is 13.2. The summed E-state index contributed by atoms with van der Waals surface area (Å²) in [6.07, 6.45) is 1.63. The molecular formula is C25H27FN4O3. The van der Waals surface area contributed by atoms with Gasteiger partial charge in [0.25, 0.3) is 5.91 Å². The largest absolute Gasteiger partial charge is 0.362 e. The molecule has 3 aromatic rings. The van der Waals surface area contributed by atoms with Crippen molar-refractivity contribution in [3.63, 3.8) is 0 Å². The predicted octanol–water partition coefficient (Wildman–Crippen LogP) is 4.75. The first-order valence-electron chi connectivity index (χ1n) is 10.9. The molecule has 1 aliphatic heterocycles. The lowest BCUT2D eigenvalue weighted by atomic mass is 9.92. The van der Waals surface area contributed by atoms with Crippen LogP contribution in [-0.4, -0.2) is 30.1 Å². The highest BCUT2D eigenvalue weighted by Crippen LogP contribution is 2.33. The summed E-state index contributed by atoms with van der Waals surface area (Å²) >= 11 is 0. The average Bonchev–Trinajstić information content (AvgIpc) is 3.24. The van der Waals surface area contributed by atoms with Gasteiger partial charge in [0.1, 0.15) is 5.82 Å². The summed E-state index contributed by atoms with van der Waals surface area (Å²) in [7, 11) is 0. The molecular weight excluding hydrogens is 423 g/mol. The number of aromatic nitrogens is 1. The number of nitrogens with one attached hydrogen (secondary N) is 2. The number of hydrogen-bond acceptors (Lipinski definition) is 5. The Hall–Kier alpha value is -3.68. The van der Waals surface area contributed by atoms with E-state index in [1.165, 1.54) is 24.3 Å². The molecule has 8 heteroatoms. The van der Waals surface area contributed by atoms with Crippen LogP contribution in [-0.2, 0) is 16.6 Å². The third kappa shape index (κ3) is 5.22. The maximum Gasteiger partial charge on any atom is 0.255 e. The van der Waals surface area contributed by atoms with Gasteiger partial charge in [-0.05, 0) is 54.8 Å². The van der Waals surface area contributed by atoms with Crippen LogP contribution < -0.4 is 15.5 Å². The van der Waals surface area contributed by atoms with E-state index in [0.29, 0.717) is 17.1 Å². The molecule has 4 rings (SSSR count). The fraction of sp³-hybridized carbons (Fsp3) is 0.320. The molecule has 1 aromatic heterocycles. The van der Waals surface area contributed by atoms with Crippen molar-refractivity contribution >= 4 is 29.1 Å². The quantitative estimate of drug-likeness (QED) is 0.586. The number of carbonyl (C=O) groups excluding carboxylic acids is 2. The van der Waals surface area contributed by atoms with Crippen LogP contribution in [0.4, 0.5) is 21.6 Å². The summed E-state index contributed by atoms with van der Waals surface area (Å²) < 4.78 is 18.4. The molecule has 33 heavy (non-hydrogen) atoms. The lowest BCUT2D eigenvalue weighted by molar-refractivity contribution is -0.115. The van der Waals surface area contributed by atoms with Crippen LogP contribution in [0.3, 0.4) is 0 Å². The van der Waals surface area contributed by atoms with Crippen molar-refractivity contribution < 1.29 is 18.5 Å². The van der Waals surface area contributed by atoms with E-state index in [2.05, 4.69) is 15.8 Å². The molecule has 2 N–H and O–H groups in total. The van der Waals surface area contributed by atoms with Gasteiger partial charge in [-0.1, -0.05) is 32.0 Å². The summed E-state index contributed by atoms with van der Waals surface area (Å²) in [5.41, 5.74) is 3.54. The minimum Gasteiger partial charge on any atom is -0.362 e. The van der Waals surface area contributed by atoms with Crippen LogP contribution in [0, 0.1) is 5.82 Å². The molecule has 0 unspecified atom stereocenters. The highest BCUT2D eigenvalue weighted by Gasteiger charge is 2.24. The number of nitrogens with zero attached hydrogens (tertiary/aromatic N) is 2. The molecule has 1 aliphatic rings. The Morgan fingerprint density at radius 3 is 2.58 bits per heavy atom. The van der Waals surface area contributed by atoms with Crippen molar-refractivity contribution in [1.82, 2.24) is 5.16 Å². The Morgan fingerprint density at radius 2 is 1.88 bits per heavy atom. The minimum atomic E-state index is -0.391. The van der Waals surface area contributed by atoms with E-state index < -0.39 is 5.82 Å². The van der Waals surface area contributed by atoms with Gasteiger partial charge in [0.2, 0.25) is 11.8 Å². The Kier molecular flexibility index (Phi) is 6.18. The van der Waals surface area contributed by atoms with Gasteiger partial charge >= 0.3 is 0 Å². The Labute approximate surface area is 192 Å². The molecule has 172 valence electrons. The molecule has 0 bridgehead atoms. The van der Waals surface area contributed by atoms with E-state index in [9.17, 15) is 14.0 Å². The molecule has 0 fully saturated rings. The third-order valence-electron chi connectivity index (χ3n) is 5.58. The number of anilines is 3. The maximum atomic E-state index is 13.2. The van der Waals surface area contributed by atoms with Crippen LogP contribution >= 0.6 is 0 Å². The predicted molar refractivity (Wildman–Crippen MR) is 125 cm³/mol. The van der Waals surface area contributed by atoms with Gasteiger partial charge in [0.05, 0.1) is 12.2 Å². The number of halogens is 1. The van der Waals surface area contributed by atoms with Crippen LogP contribution in [0.25, 0.3) is 0 Å². The SMILES string of the molecule is CC(C)(C)c1cc(NC(=O)CN2CCCc3c(NC(=O)c4ccc(F)cc4)cccc32)on1. The van der Waals surface area contributed by atoms with Gasteiger partial charge in [-0.3, -0.25) is 14.9 Å². The van der Waals surface area contributed by atoms with Gasteiger partial charge < -0.3 is 14.7 Å². The Morgan fingerprint density at radius 1 is 1.12 bits per heavy atom. The monoisotopic (exact) mass is 450 g/mol. The molecule has 0 saturated carbocycles. The first-order valence-corrected chi connectivity index (χ1v) is 10.9. The lowest BCUT2D eigenvalue weighted by Gasteiger charge is -2.32. The molecule has 2 amide bonds. The molecule has 0 saturated heterocycles. The van der Waals surface area contributed by atoms with Gasteiger partial charge in [-0.2, -0.15) is 0 Å². The van der Waals surface area contributed by atoms with Gasteiger partial charge in [-0.15, -0.1) is 0 Å². The zero-order valence-electron chi connectivity index (χ0n) is 18.9. The van der Waals surface area contributed by atoms with Crippen LogP contribution in [0.2, 0.25) is 0 Å². The number of amides is 2. The van der Waals surface area contributed by atoms with E-state index >= 15 is 0 Å². The fourth-order valence-corrected chi connectivity index (χ4v) is 3.82. The number of carbonyl (C=O) groups is 2. The lowest BCUT2D eigenvalue weighted by Crippen LogP contribution is -2.37. The van der Waals surface area contributed by atoms with Crippen molar-refractivity contribution in [2.24, 2.45) is 0 Å². The summed E-state index contributed by atoms with van der Waals surface area (Å²) in [4.78, 5) is 27.3. The second-order valence-electron chi connectivity index (χ2n) is 9.16. The highest BCUT2D eigenvalue weighted by atomic mass is 19.1. The van der Waals surface area contributed by atoms with E-state index in [-0.39, 0.29) is 23.8 Å². The third-order valence-corrected chi connectivity index (χ3v) is 5.58. The molecule has 0 aliphatic carbocycles. The summed E-state index contributed by atoms with van der Waals surface area (Å²) in [5.74, 6) is -0.585. The Bertz CT molecular complexity index is 1170. The van der Waals surface area contributed by atoms with Gasteiger partial charge in [-0.25, -0.2) is 4.39 Å². The van der Waals surface area contributed by atoms with E-state index in [4.69, 9.17) is 4.52 Å². The second kappa shape index (κ2) is 9.05. The number of hydrogen-bond donors (Lipinski definition) is 2. The first kappa shape index (κ1) is 22.5. The van der Waals surface area contributed by atoms with Crippen LogP contribution in [0.1, 0.15) is 48.8 Å². The normalized spacial score (nSPS) is 13.4. The molecule has 0 spiro atoms. The minimum absolute atomic E-state index is 0.147. The zero-order valence-corrected chi connectivity index (χ0v) is 18.9. The number of rotatable bonds is 5.